The van der Waals surface area contributed by atoms with E-state index in [0.717, 1.165) is 6.42 Å². The van der Waals surface area contributed by atoms with E-state index in [2.05, 4.69) is 0 Å². The summed E-state index contributed by atoms with van der Waals surface area (Å²) < 4.78 is 19.2. The monoisotopic (exact) mass is 308 g/mol. The number of Topliss-reactive ketones (excluding diaryl/α,β-unsaturated/α-hetero) is 1. The first-order valence-electron chi connectivity index (χ1n) is 7.26. The summed E-state index contributed by atoms with van der Waals surface area (Å²) in [5.41, 5.74) is 0.0754. The molecule has 1 aliphatic heterocycles. The van der Waals surface area contributed by atoms with E-state index in [4.69, 9.17) is 4.65 Å². The summed E-state index contributed by atoms with van der Waals surface area (Å²) in [6.45, 7) is 3.24. The molecule has 22 heavy (non-hydrogen) atoms. The Labute approximate surface area is 128 Å². The van der Waals surface area contributed by atoms with Gasteiger partial charge in [-0.2, -0.15) is 0 Å². The third kappa shape index (κ3) is 3.14. The number of carboxylic acids is 1. The van der Waals surface area contributed by atoms with Crippen molar-refractivity contribution in [2.45, 2.75) is 45.3 Å². The third-order valence-corrected chi connectivity index (χ3v) is 3.91. The van der Waals surface area contributed by atoms with Gasteiger partial charge in [0, 0.05) is 24.2 Å². The van der Waals surface area contributed by atoms with E-state index in [-0.39, 0.29) is 35.5 Å². The van der Waals surface area contributed by atoms with Gasteiger partial charge in [-0.05, 0) is 31.4 Å². The smallest absolute Gasteiger partial charge is 0.526 e. The Morgan fingerprint density at radius 2 is 2.18 bits per heavy atom. The Morgan fingerprint density at radius 3 is 2.77 bits per heavy atom. The standard InChI is InChI=1S/C15H18BFO5/c1-3-4-11(18)7-10-5-9-6-12(17)8(2)13(15(19)20)14(9)22-16(10)21/h6,10,21H,3-5,7H2,1-2H3,(H,19,20)/t10-/m1/s1. The summed E-state index contributed by atoms with van der Waals surface area (Å²) in [5, 5.41) is 19.3. The van der Waals surface area contributed by atoms with Crippen LogP contribution in [0.25, 0.3) is 0 Å². The normalized spacial score (nSPS) is 16.9. The van der Waals surface area contributed by atoms with Gasteiger partial charge >= 0.3 is 13.1 Å². The lowest BCUT2D eigenvalue weighted by atomic mass is 9.64. The third-order valence-electron chi connectivity index (χ3n) is 3.91. The van der Waals surface area contributed by atoms with E-state index in [1.165, 1.54) is 13.0 Å². The molecule has 1 heterocycles. The molecule has 2 rings (SSSR count). The van der Waals surface area contributed by atoms with Crippen molar-refractivity contribution in [3.05, 3.63) is 28.6 Å². The van der Waals surface area contributed by atoms with E-state index < -0.39 is 24.7 Å². The molecule has 1 aliphatic rings. The van der Waals surface area contributed by atoms with Crippen LogP contribution in [0.2, 0.25) is 5.82 Å². The number of hydrogen-bond donors (Lipinski definition) is 2. The van der Waals surface area contributed by atoms with Crippen molar-refractivity contribution in [1.82, 2.24) is 0 Å². The summed E-state index contributed by atoms with van der Waals surface area (Å²) in [7, 11) is -1.27. The topological polar surface area (TPSA) is 83.8 Å². The van der Waals surface area contributed by atoms with E-state index in [0.29, 0.717) is 12.0 Å². The molecule has 7 heteroatoms. The number of fused-ring (bicyclic) bond motifs is 1. The highest BCUT2D eigenvalue weighted by Gasteiger charge is 2.38. The van der Waals surface area contributed by atoms with Crippen LogP contribution < -0.4 is 4.65 Å². The molecular weight excluding hydrogens is 290 g/mol. The van der Waals surface area contributed by atoms with E-state index in [1.807, 2.05) is 6.92 Å². The van der Waals surface area contributed by atoms with Crippen molar-refractivity contribution in [2.24, 2.45) is 0 Å². The first kappa shape index (κ1) is 16.5. The highest BCUT2D eigenvalue weighted by Crippen LogP contribution is 2.38. The van der Waals surface area contributed by atoms with Crippen LogP contribution in [-0.2, 0) is 11.2 Å². The number of hydrogen-bond acceptors (Lipinski definition) is 4. The summed E-state index contributed by atoms with van der Waals surface area (Å²) in [6, 6.07) is 1.22. The van der Waals surface area contributed by atoms with Crippen molar-refractivity contribution in [3.8, 4) is 5.75 Å². The van der Waals surface area contributed by atoms with Crippen molar-refractivity contribution >= 4 is 18.9 Å². The SMILES string of the molecule is CCCC(=O)C[C@H]1Cc2cc(F)c(C)c(C(=O)O)c2OB1O. The number of carbonyl (C=O) groups is 2. The number of rotatable bonds is 5. The molecule has 0 spiro atoms. The maximum atomic E-state index is 13.9. The number of aromatic carboxylic acids is 1. The van der Waals surface area contributed by atoms with Gasteiger partial charge in [0.2, 0.25) is 0 Å². The number of halogens is 1. The molecule has 0 saturated carbocycles. The highest BCUT2D eigenvalue weighted by atomic mass is 19.1. The van der Waals surface area contributed by atoms with Gasteiger partial charge in [0.25, 0.3) is 0 Å². The molecule has 0 fully saturated rings. The van der Waals surface area contributed by atoms with Gasteiger partial charge < -0.3 is 14.8 Å². The average Bonchev–Trinajstić information content (AvgIpc) is 2.42. The quantitative estimate of drug-likeness (QED) is 0.816. The van der Waals surface area contributed by atoms with Crippen LogP contribution in [0.4, 0.5) is 4.39 Å². The Morgan fingerprint density at radius 1 is 1.50 bits per heavy atom. The van der Waals surface area contributed by atoms with Crippen LogP contribution in [0, 0.1) is 12.7 Å². The average molecular weight is 308 g/mol. The van der Waals surface area contributed by atoms with Crippen molar-refractivity contribution in [2.75, 3.05) is 0 Å². The van der Waals surface area contributed by atoms with Gasteiger partial charge in [0.1, 0.15) is 22.9 Å². The molecule has 1 atom stereocenters. The lowest BCUT2D eigenvalue weighted by molar-refractivity contribution is -0.119. The van der Waals surface area contributed by atoms with Gasteiger partial charge in [0.15, 0.2) is 0 Å². The van der Waals surface area contributed by atoms with Crippen LogP contribution in [0.3, 0.4) is 0 Å². The fourth-order valence-electron chi connectivity index (χ4n) is 2.77. The van der Waals surface area contributed by atoms with Gasteiger partial charge in [0.05, 0.1) is 0 Å². The second-order valence-electron chi connectivity index (χ2n) is 5.62. The minimum atomic E-state index is -1.30. The zero-order chi connectivity index (χ0) is 16.4. The summed E-state index contributed by atoms with van der Waals surface area (Å²) in [6.07, 6.45) is 1.48. The molecule has 2 N–H and O–H groups in total. The number of ketones is 1. The lowest BCUT2D eigenvalue weighted by Gasteiger charge is -2.28. The lowest BCUT2D eigenvalue weighted by Crippen LogP contribution is -2.36. The molecule has 5 nitrogen and oxygen atoms in total. The predicted molar refractivity (Wildman–Crippen MR) is 78.7 cm³/mol. The summed E-state index contributed by atoms with van der Waals surface area (Å²) in [4.78, 5) is 23.0. The fraction of sp³-hybridized carbons (Fsp3) is 0.467. The second-order valence-corrected chi connectivity index (χ2v) is 5.62. The molecule has 1 aromatic carbocycles. The van der Waals surface area contributed by atoms with Crippen LogP contribution in [0.1, 0.15) is 47.7 Å². The van der Waals surface area contributed by atoms with Gasteiger partial charge in [-0.3, -0.25) is 4.79 Å². The zero-order valence-electron chi connectivity index (χ0n) is 12.6. The van der Waals surface area contributed by atoms with Crippen LogP contribution in [-0.4, -0.2) is 29.0 Å². The minimum Gasteiger partial charge on any atom is -0.535 e. The predicted octanol–water partition coefficient (Wildman–Crippen LogP) is 2.38. The molecule has 0 radical (unpaired) electrons. The molecule has 0 bridgehead atoms. The Hall–Kier alpha value is -1.89. The maximum Gasteiger partial charge on any atom is 0.526 e. The number of benzene rings is 1. The molecule has 0 aliphatic carbocycles. The van der Waals surface area contributed by atoms with Crippen molar-refractivity contribution in [3.63, 3.8) is 0 Å². The molecule has 1 aromatic rings. The first-order chi connectivity index (χ1) is 10.3. The zero-order valence-corrected chi connectivity index (χ0v) is 12.6. The first-order valence-corrected chi connectivity index (χ1v) is 7.26. The van der Waals surface area contributed by atoms with Crippen molar-refractivity contribution < 1.29 is 28.8 Å². The number of carboxylic acid groups (broad SMARTS) is 1. The molecule has 0 amide bonds. The summed E-state index contributed by atoms with van der Waals surface area (Å²) in [5.74, 6) is -2.42. The Balaban J connectivity index is 2.34. The van der Waals surface area contributed by atoms with E-state index in [9.17, 15) is 24.1 Å². The second kappa shape index (κ2) is 6.48. The molecule has 118 valence electrons. The van der Waals surface area contributed by atoms with Crippen LogP contribution >= 0.6 is 0 Å². The fourth-order valence-corrected chi connectivity index (χ4v) is 2.77. The van der Waals surface area contributed by atoms with Gasteiger partial charge in [-0.1, -0.05) is 6.92 Å². The van der Waals surface area contributed by atoms with E-state index in [1.54, 1.807) is 0 Å². The minimum absolute atomic E-state index is 0.00177. The largest absolute Gasteiger partial charge is 0.535 e. The van der Waals surface area contributed by atoms with Crippen LogP contribution in [0.5, 0.6) is 5.75 Å². The Kier molecular flexibility index (Phi) is 4.85. The summed E-state index contributed by atoms with van der Waals surface area (Å²) >= 11 is 0. The van der Waals surface area contributed by atoms with Gasteiger partial charge in [-0.25, -0.2) is 9.18 Å². The molecular formula is C15H18BFO5. The van der Waals surface area contributed by atoms with Crippen LogP contribution in [0.15, 0.2) is 6.07 Å². The Bertz CT molecular complexity index is 616. The van der Waals surface area contributed by atoms with Gasteiger partial charge in [-0.15, -0.1) is 0 Å². The molecule has 0 unspecified atom stereocenters. The molecule has 0 saturated heterocycles. The maximum absolute atomic E-state index is 13.9. The van der Waals surface area contributed by atoms with Crippen molar-refractivity contribution in [1.29, 1.82) is 0 Å². The number of carbonyl (C=O) groups excluding carboxylic acids is 1. The van der Waals surface area contributed by atoms with E-state index >= 15 is 0 Å². The molecule has 0 aromatic heterocycles. The highest BCUT2D eigenvalue weighted by molar-refractivity contribution is 6.47.